The molecule has 2 aromatic rings. The van der Waals surface area contributed by atoms with E-state index in [-0.39, 0.29) is 0 Å². The van der Waals surface area contributed by atoms with Crippen molar-refractivity contribution < 1.29 is 8.42 Å². The first-order valence-corrected chi connectivity index (χ1v) is 12.1. The summed E-state index contributed by atoms with van der Waals surface area (Å²) >= 11 is 5.63. The fourth-order valence-electron chi connectivity index (χ4n) is 4.02. The molecule has 0 spiro atoms. The average Bonchev–Trinajstić information content (AvgIpc) is 3.47. The van der Waals surface area contributed by atoms with Crippen LogP contribution >= 0.6 is 12.2 Å². The normalized spacial score (nSPS) is 19.0. The summed E-state index contributed by atoms with van der Waals surface area (Å²) in [6.45, 7) is 9.69. The van der Waals surface area contributed by atoms with Gasteiger partial charge in [-0.05, 0) is 57.5 Å². The Hall–Kier alpha value is -1.55. The predicted molar refractivity (Wildman–Crippen MR) is 115 cm³/mol. The fourth-order valence-corrected chi connectivity index (χ4v) is 5.97. The van der Waals surface area contributed by atoms with Gasteiger partial charge in [-0.3, -0.25) is 4.90 Å². The summed E-state index contributed by atoms with van der Waals surface area (Å²) in [6.07, 6.45) is 2.39. The second-order valence-corrected chi connectivity index (χ2v) is 10.4. The van der Waals surface area contributed by atoms with E-state index < -0.39 is 10.0 Å². The number of piperazine rings is 1. The molecule has 0 atom stereocenters. The zero-order chi connectivity index (χ0) is 20.8. The van der Waals surface area contributed by atoms with Crippen LogP contribution in [-0.4, -0.2) is 58.1 Å². The predicted octanol–water partition coefficient (Wildman–Crippen LogP) is 2.89. The molecular weight excluding hydrogens is 406 g/mol. The Balaban J connectivity index is 1.44. The Bertz CT molecular complexity index is 1060. The van der Waals surface area contributed by atoms with Gasteiger partial charge in [-0.2, -0.15) is 9.40 Å². The van der Waals surface area contributed by atoms with Crippen LogP contribution in [0.25, 0.3) is 0 Å². The van der Waals surface area contributed by atoms with Gasteiger partial charge in [0.15, 0.2) is 4.77 Å². The smallest absolute Gasteiger partial charge is 0.243 e. The van der Waals surface area contributed by atoms with E-state index in [0.717, 1.165) is 28.3 Å². The highest BCUT2D eigenvalue weighted by molar-refractivity contribution is 7.89. The van der Waals surface area contributed by atoms with Gasteiger partial charge in [0.1, 0.15) is 5.82 Å². The van der Waals surface area contributed by atoms with Crippen LogP contribution in [0.5, 0.6) is 0 Å². The lowest BCUT2D eigenvalue weighted by Gasteiger charge is -2.34. The lowest BCUT2D eigenvalue weighted by Crippen LogP contribution is -2.49. The van der Waals surface area contributed by atoms with E-state index in [1.165, 1.54) is 12.8 Å². The molecule has 7 nitrogen and oxygen atoms in total. The van der Waals surface area contributed by atoms with E-state index in [4.69, 9.17) is 17.3 Å². The van der Waals surface area contributed by atoms with Gasteiger partial charge in [0, 0.05) is 38.6 Å². The summed E-state index contributed by atoms with van der Waals surface area (Å²) in [5.41, 5.74) is 1.87. The van der Waals surface area contributed by atoms with Crippen LogP contribution in [-0.2, 0) is 23.2 Å². The Morgan fingerprint density at radius 3 is 2.41 bits per heavy atom. The first kappa shape index (κ1) is 20.7. The van der Waals surface area contributed by atoms with Crippen LogP contribution in [0.15, 0.2) is 23.1 Å². The van der Waals surface area contributed by atoms with Crippen molar-refractivity contribution in [3.05, 3.63) is 39.9 Å². The third-order valence-electron chi connectivity index (χ3n) is 5.82. The number of benzene rings is 1. The fraction of sp³-hybridized carbons (Fsp3) is 0.600. The Morgan fingerprint density at radius 2 is 1.83 bits per heavy atom. The quantitative estimate of drug-likeness (QED) is 0.653. The molecule has 2 aliphatic rings. The van der Waals surface area contributed by atoms with E-state index in [0.29, 0.717) is 43.7 Å². The van der Waals surface area contributed by atoms with Gasteiger partial charge in [0.2, 0.25) is 10.0 Å². The minimum atomic E-state index is -3.46. The van der Waals surface area contributed by atoms with E-state index in [1.807, 2.05) is 30.7 Å². The molecule has 0 bridgehead atoms. The maximum Gasteiger partial charge on any atom is 0.243 e. The molecule has 4 rings (SSSR count). The van der Waals surface area contributed by atoms with Gasteiger partial charge in [0.05, 0.1) is 11.6 Å². The van der Waals surface area contributed by atoms with Crippen molar-refractivity contribution in [2.24, 2.45) is 0 Å². The highest BCUT2D eigenvalue weighted by Crippen LogP contribution is 2.39. The Morgan fingerprint density at radius 1 is 1.14 bits per heavy atom. The number of aromatic nitrogens is 3. The number of nitrogens with zero attached hydrogens (tertiary/aromatic N) is 5. The Kier molecular flexibility index (Phi) is 5.67. The Labute approximate surface area is 178 Å². The average molecular weight is 436 g/mol. The molecule has 29 heavy (non-hydrogen) atoms. The SMILES string of the molecule is CCn1c(C2CC2)nn(CN2CCN(S(=O)(=O)c3ccc(C)cc3C)CC2)c1=S. The van der Waals surface area contributed by atoms with E-state index in [1.54, 1.807) is 10.4 Å². The lowest BCUT2D eigenvalue weighted by molar-refractivity contribution is 0.144. The highest BCUT2D eigenvalue weighted by Gasteiger charge is 2.32. The van der Waals surface area contributed by atoms with Crippen LogP contribution in [0.2, 0.25) is 0 Å². The van der Waals surface area contributed by atoms with Gasteiger partial charge in [-0.25, -0.2) is 13.1 Å². The van der Waals surface area contributed by atoms with Crippen LogP contribution < -0.4 is 0 Å². The zero-order valence-electron chi connectivity index (χ0n) is 17.3. The van der Waals surface area contributed by atoms with Gasteiger partial charge < -0.3 is 4.57 Å². The van der Waals surface area contributed by atoms with E-state index >= 15 is 0 Å². The molecule has 1 saturated carbocycles. The lowest BCUT2D eigenvalue weighted by atomic mass is 10.2. The standard InChI is InChI=1S/C20H29N5O2S2/c1-4-24-19(17-6-7-17)21-25(20(24)28)14-22-9-11-23(12-10-22)29(26,27)18-8-5-15(2)13-16(18)3/h5,8,13,17H,4,6-7,9-12,14H2,1-3H3. The minimum Gasteiger partial charge on any atom is -0.304 e. The topological polar surface area (TPSA) is 63.4 Å². The molecule has 1 aliphatic carbocycles. The second kappa shape index (κ2) is 7.94. The number of hydrogen-bond donors (Lipinski definition) is 0. The molecule has 1 aliphatic heterocycles. The van der Waals surface area contributed by atoms with Crippen LogP contribution in [0.1, 0.15) is 42.6 Å². The molecule has 0 N–H and O–H groups in total. The number of aryl methyl sites for hydroxylation is 2. The summed E-state index contributed by atoms with van der Waals surface area (Å²) in [4.78, 5) is 2.64. The molecule has 1 aromatic carbocycles. The zero-order valence-corrected chi connectivity index (χ0v) is 19.0. The van der Waals surface area contributed by atoms with Gasteiger partial charge in [0.25, 0.3) is 0 Å². The van der Waals surface area contributed by atoms with Crippen molar-refractivity contribution in [3.8, 4) is 0 Å². The molecule has 1 aromatic heterocycles. The van der Waals surface area contributed by atoms with Gasteiger partial charge in [-0.15, -0.1) is 0 Å². The number of sulfonamides is 1. The summed E-state index contributed by atoms with van der Waals surface area (Å²) in [6, 6.07) is 5.51. The molecule has 158 valence electrons. The molecule has 1 saturated heterocycles. The van der Waals surface area contributed by atoms with Crippen LogP contribution in [0.3, 0.4) is 0 Å². The minimum absolute atomic E-state index is 0.412. The van der Waals surface area contributed by atoms with Crippen molar-refractivity contribution in [1.29, 1.82) is 0 Å². The molecular formula is C20H29N5O2S2. The van der Waals surface area contributed by atoms with Gasteiger partial charge >= 0.3 is 0 Å². The first-order valence-electron chi connectivity index (χ1n) is 10.3. The van der Waals surface area contributed by atoms with Crippen molar-refractivity contribution in [3.63, 3.8) is 0 Å². The molecule has 9 heteroatoms. The molecule has 2 fully saturated rings. The third kappa shape index (κ3) is 4.05. The van der Waals surface area contributed by atoms with Crippen LogP contribution in [0, 0.1) is 18.6 Å². The summed E-state index contributed by atoms with van der Waals surface area (Å²) < 4.78 is 32.6. The highest BCUT2D eigenvalue weighted by atomic mass is 32.2. The second-order valence-electron chi connectivity index (χ2n) is 8.09. The van der Waals surface area contributed by atoms with Crippen molar-refractivity contribution in [2.45, 2.75) is 57.6 Å². The van der Waals surface area contributed by atoms with Crippen molar-refractivity contribution >= 4 is 22.2 Å². The maximum absolute atomic E-state index is 13.1. The third-order valence-corrected chi connectivity index (χ3v) is 8.31. The van der Waals surface area contributed by atoms with Crippen LogP contribution in [0.4, 0.5) is 0 Å². The number of hydrogen-bond acceptors (Lipinski definition) is 5. The molecule has 0 radical (unpaired) electrons. The molecule has 0 unspecified atom stereocenters. The van der Waals surface area contributed by atoms with Gasteiger partial charge in [-0.1, -0.05) is 17.7 Å². The monoisotopic (exact) mass is 435 g/mol. The summed E-state index contributed by atoms with van der Waals surface area (Å²) in [5.74, 6) is 1.66. The summed E-state index contributed by atoms with van der Waals surface area (Å²) in [5, 5.41) is 4.77. The largest absolute Gasteiger partial charge is 0.304 e. The van der Waals surface area contributed by atoms with E-state index in [2.05, 4.69) is 16.4 Å². The number of rotatable bonds is 6. The molecule has 0 amide bonds. The van der Waals surface area contributed by atoms with Crippen molar-refractivity contribution in [1.82, 2.24) is 23.6 Å². The maximum atomic E-state index is 13.1. The van der Waals surface area contributed by atoms with E-state index in [9.17, 15) is 8.42 Å². The molecule has 2 heterocycles. The van der Waals surface area contributed by atoms with Crippen molar-refractivity contribution in [2.75, 3.05) is 26.2 Å². The first-order chi connectivity index (χ1) is 13.8. The summed E-state index contributed by atoms with van der Waals surface area (Å²) in [7, 11) is -3.46.